The molecule has 1 amide bonds. The predicted molar refractivity (Wildman–Crippen MR) is 124 cm³/mol. The third kappa shape index (κ3) is 5.46. The molecule has 1 aromatic rings. The van der Waals surface area contributed by atoms with Crippen LogP contribution in [0, 0.1) is 0 Å². The molecule has 0 bridgehead atoms. The molecule has 1 aromatic carbocycles. The Balaban J connectivity index is 2.57. The Bertz CT molecular complexity index is 950. The van der Waals surface area contributed by atoms with E-state index in [2.05, 4.69) is 0 Å². The van der Waals surface area contributed by atoms with Gasteiger partial charge in [0.15, 0.2) is 0 Å². The lowest BCUT2D eigenvalue weighted by molar-refractivity contribution is -0.150. The number of rotatable bonds is 5. The quantitative estimate of drug-likeness (QED) is 0.439. The van der Waals surface area contributed by atoms with E-state index in [0.717, 1.165) is 27.8 Å². The molecular formula is C22H27NO6S2. The fraction of sp³-hybridized carbons (Fsp3) is 0.455. The van der Waals surface area contributed by atoms with Crippen LogP contribution in [0.4, 0.5) is 0 Å². The van der Waals surface area contributed by atoms with Crippen molar-refractivity contribution in [2.45, 2.75) is 64.8 Å². The Kier molecular flexibility index (Phi) is 6.92. The summed E-state index contributed by atoms with van der Waals surface area (Å²) in [5.74, 6) is -3.22. The minimum Gasteiger partial charge on any atom is -0.507 e. The minimum absolute atomic E-state index is 0.00392. The fourth-order valence-corrected chi connectivity index (χ4v) is 4.59. The van der Waals surface area contributed by atoms with Gasteiger partial charge >= 0.3 is 11.9 Å². The number of thioether (sulfide) groups is 1. The van der Waals surface area contributed by atoms with Gasteiger partial charge in [-0.25, -0.2) is 4.79 Å². The number of aromatic hydroxyl groups is 1. The molecule has 2 rings (SSSR count). The second-order valence-corrected chi connectivity index (χ2v) is 11.1. The predicted octanol–water partition coefficient (Wildman–Crippen LogP) is 4.12. The van der Waals surface area contributed by atoms with Gasteiger partial charge < -0.3 is 15.3 Å². The highest BCUT2D eigenvalue weighted by Crippen LogP contribution is 2.41. The van der Waals surface area contributed by atoms with E-state index in [0.29, 0.717) is 5.56 Å². The molecule has 1 saturated heterocycles. The Hall–Kier alpha value is -2.39. The van der Waals surface area contributed by atoms with E-state index < -0.39 is 30.3 Å². The molecule has 0 aromatic heterocycles. The maximum atomic E-state index is 12.9. The number of carboxylic acid groups (broad SMARTS) is 2. The van der Waals surface area contributed by atoms with Gasteiger partial charge in [0, 0.05) is 11.1 Å². The van der Waals surface area contributed by atoms with Crippen LogP contribution in [0.5, 0.6) is 5.75 Å². The van der Waals surface area contributed by atoms with Crippen LogP contribution in [-0.4, -0.2) is 48.4 Å². The summed E-state index contributed by atoms with van der Waals surface area (Å²) in [6.45, 7) is 11.8. The molecule has 9 heteroatoms. The van der Waals surface area contributed by atoms with Gasteiger partial charge in [-0.3, -0.25) is 14.5 Å². The molecule has 31 heavy (non-hydrogen) atoms. The molecule has 1 unspecified atom stereocenters. The number of carboxylic acids is 2. The van der Waals surface area contributed by atoms with Gasteiger partial charge in [0.05, 0.1) is 11.3 Å². The summed E-state index contributed by atoms with van der Waals surface area (Å²) in [5.41, 5.74) is 1.39. The molecule has 1 aliphatic rings. The number of hydrogen-bond acceptors (Lipinski definition) is 6. The standard InChI is InChI=1S/C22H27NO6S2/c1-21(2,3)12-7-11(8-13(17(12)26)22(4,5)6)9-15-18(27)23(20(30)31-15)14(19(28)29)10-16(24)25/h7-9,14,26H,10H2,1-6H3,(H,24,25)(H,28,29). The van der Waals surface area contributed by atoms with Crippen molar-refractivity contribution in [2.75, 3.05) is 0 Å². The molecular weight excluding hydrogens is 438 g/mol. The van der Waals surface area contributed by atoms with E-state index >= 15 is 0 Å². The Morgan fingerprint density at radius 2 is 1.58 bits per heavy atom. The van der Waals surface area contributed by atoms with Gasteiger partial charge in [-0.2, -0.15) is 0 Å². The van der Waals surface area contributed by atoms with Gasteiger partial charge in [-0.1, -0.05) is 65.5 Å². The summed E-state index contributed by atoms with van der Waals surface area (Å²) >= 11 is 6.11. The lowest BCUT2D eigenvalue weighted by Gasteiger charge is -2.28. The molecule has 0 spiro atoms. The van der Waals surface area contributed by atoms with Gasteiger partial charge in [-0.05, 0) is 34.6 Å². The highest BCUT2D eigenvalue weighted by atomic mass is 32.2. The van der Waals surface area contributed by atoms with Crippen molar-refractivity contribution < 1.29 is 29.7 Å². The average Bonchev–Trinajstić information content (AvgIpc) is 2.85. The molecule has 1 fully saturated rings. The van der Waals surface area contributed by atoms with E-state index in [9.17, 15) is 24.6 Å². The maximum Gasteiger partial charge on any atom is 0.327 e. The van der Waals surface area contributed by atoms with Gasteiger partial charge in [-0.15, -0.1) is 0 Å². The third-order valence-electron chi connectivity index (χ3n) is 4.83. The van der Waals surface area contributed by atoms with Crippen LogP contribution in [0.1, 0.15) is 64.7 Å². The lowest BCUT2D eigenvalue weighted by atomic mass is 9.78. The van der Waals surface area contributed by atoms with Gasteiger partial charge in [0.25, 0.3) is 5.91 Å². The second kappa shape index (κ2) is 8.63. The van der Waals surface area contributed by atoms with Crippen LogP contribution >= 0.6 is 24.0 Å². The number of carbonyl (C=O) groups is 3. The lowest BCUT2D eigenvalue weighted by Crippen LogP contribution is -2.45. The molecule has 7 nitrogen and oxygen atoms in total. The first-order chi connectivity index (χ1) is 14.0. The zero-order valence-electron chi connectivity index (χ0n) is 18.3. The number of phenolic OH excluding ortho intramolecular Hbond substituents is 1. The number of amides is 1. The zero-order valence-corrected chi connectivity index (χ0v) is 20.0. The number of thiocarbonyl (C=S) groups is 1. The Morgan fingerprint density at radius 3 is 1.97 bits per heavy atom. The third-order valence-corrected chi connectivity index (χ3v) is 6.16. The average molecular weight is 466 g/mol. The number of benzene rings is 1. The number of nitrogens with zero attached hydrogens (tertiary/aromatic N) is 1. The Morgan fingerprint density at radius 1 is 1.10 bits per heavy atom. The van der Waals surface area contributed by atoms with Crippen LogP contribution in [-0.2, 0) is 25.2 Å². The molecule has 1 aliphatic heterocycles. The largest absolute Gasteiger partial charge is 0.507 e. The summed E-state index contributed by atoms with van der Waals surface area (Å²) in [5, 5.41) is 29.3. The minimum atomic E-state index is -1.58. The Labute approximate surface area is 191 Å². The van der Waals surface area contributed by atoms with Crippen molar-refractivity contribution in [3.63, 3.8) is 0 Å². The van der Waals surface area contributed by atoms with E-state index in [-0.39, 0.29) is 25.8 Å². The van der Waals surface area contributed by atoms with Crippen molar-refractivity contribution >= 4 is 52.2 Å². The number of aliphatic carboxylic acids is 2. The van der Waals surface area contributed by atoms with Gasteiger partial charge in [0.1, 0.15) is 16.1 Å². The summed E-state index contributed by atoms with van der Waals surface area (Å²) in [6, 6.07) is 2.01. The molecule has 168 valence electrons. The first-order valence-electron chi connectivity index (χ1n) is 9.63. The number of carbonyl (C=O) groups excluding carboxylic acids is 1. The fourth-order valence-electron chi connectivity index (χ4n) is 3.24. The summed E-state index contributed by atoms with van der Waals surface area (Å²) < 4.78 is -0.00392. The highest BCUT2D eigenvalue weighted by molar-refractivity contribution is 8.26. The highest BCUT2D eigenvalue weighted by Gasteiger charge is 2.41. The first kappa shape index (κ1) is 24.9. The SMILES string of the molecule is CC(C)(C)c1cc(C=C2SC(=S)N(C(CC(=O)O)C(=O)O)C2=O)cc(C(C)(C)C)c1O. The van der Waals surface area contributed by atoms with E-state index in [4.69, 9.17) is 17.3 Å². The molecule has 0 saturated carbocycles. The molecule has 0 aliphatic carbocycles. The normalized spacial score (nSPS) is 17.4. The summed E-state index contributed by atoms with van der Waals surface area (Å²) in [4.78, 5) is 36.6. The zero-order chi connectivity index (χ0) is 23.9. The molecule has 3 N–H and O–H groups in total. The van der Waals surface area contributed by atoms with E-state index in [1.165, 1.54) is 0 Å². The summed E-state index contributed by atoms with van der Waals surface area (Å²) in [7, 11) is 0. The van der Waals surface area contributed by atoms with Gasteiger partial charge in [0.2, 0.25) is 0 Å². The van der Waals surface area contributed by atoms with Crippen molar-refractivity contribution in [3.8, 4) is 5.75 Å². The van der Waals surface area contributed by atoms with Crippen molar-refractivity contribution in [1.82, 2.24) is 4.90 Å². The first-order valence-corrected chi connectivity index (χ1v) is 10.9. The van der Waals surface area contributed by atoms with E-state index in [1.807, 2.05) is 41.5 Å². The molecule has 1 heterocycles. The van der Waals surface area contributed by atoms with Crippen LogP contribution in [0.2, 0.25) is 0 Å². The molecule has 0 radical (unpaired) electrons. The van der Waals surface area contributed by atoms with Crippen molar-refractivity contribution in [1.29, 1.82) is 0 Å². The van der Waals surface area contributed by atoms with Crippen molar-refractivity contribution in [3.05, 3.63) is 33.7 Å². The van der Waals surface area contributed by atoms with Crippen LogP contribution < -0.4 is 0 Å². The second-order valence-electron chi connectivity index (χ2n) is 9.47. The summed E-state index contributed by atoms with van der Waals surface area (Å²) in [6.07, 6.45) is 0.847. The van der Waals surface area contributed by atoms with Crippen LogP contribution in [0.15, 0.2) is 17.0 Å². The molecule has 1 atom stereocenters. The van der Waals surface area contributed by atoms with E-state index in [1.54, 1.807) is 18.2 Å². The topological polar surface area (TPSA) is 115 Å². The number of phenols is 1. The number of hydrogen-bond donors (Lipinski definition) is 3. The van der Waals surface area contributed by atoms with Crippen LogP contribution in [0.25, 0.3) is 6.08 Å². The maximum absolute atomic E-state index is 12.9. The van der Waals surface area contributed by atoms with Crippen LogP contribution in [0.3, 0.4) is 0 Å². The van der Waals surface area contributed by atoms with Crippen molar-refractivity contribution in [2.24, 2.45) is 0 Å². The smallest absolute Gasteiger partial charge is 0.327 e. The monoisotopic (exact) mass is 465 g/mol.